The summed E-state index contributed by atoms with van der Waals surface area (Å²) in [4.78, 5) is 26.2. The van der Waals surface area contributed by atoms with E-state index in [0.717, 1.165) is 21.8 Å². The third-order valence-electron chi connectivity index (χ3n) is 6.06. The second-order valence-corrected chi connectivity index (χ2v) is 8.41. The summed E-state index contributed by atoms with van der Waals surface area (Å²) in [5.41, 5.74) is -1.55. The minimum Gasteiger partial charge on any atom is -0.396 e. The predicted molar refractivity (Wildman–Crippen MR) is 123 cm³/mol. The Labute approximate surface area is 195 Å². The molecule has 2 heterocycles. The minimum absolute atomic E-state index is 0.115. The maximum Gasteiger partial charge on any atom is 0.330 e. The van der Waals surface area contributed by atoms with E-state index in [1.807, 2.05) is 60.7 Å². The fraction of sp³-hybridized carbons (Fsp3) is 0.360. The molecule has 3 aromatic rings. The second-order valence-electron chi connectivity index (χ2n) is 8.41. The van der Waals surface area contributed by atoms with Gasteiger partial charge in [0, 0.05) is 31.7 Å². The quantitative estimate of drug-likeness (QED) is 0.364. The van der Waals surface area contributed by atoms with Crippen LogP contribution in [0.15, 0.2) is 82.5 Å². The van der Waals surface area contributed by atoms with Crippen molar-refractivity contribution in [2.24, 2.45) is 0 Å². The van der Waals surface area contributed by atoms with Crippen LogP contribution in [-0.2, 0) is 22.5 Å². The summed E-state index contributed by atoms with van der Waals surface area (Å²) < 4.78 is 13.2. The van der Waals surface area contributed by atoms with Gasteiger partial charge in [-0.1, -0.05) is 60.7 Å². The molecule has 4 rings (SSSR count). The Morgan fingerprint density at radius 1 is 1.03 bits per heavy atom. The fourth-order valence-corrected chi connectivity index (χ4v) is 4.39. The molecule has 1 aromatic heterocycles. The Morgan fingerprint density at radius 2 is 1.68 bits per heavy atom. The molecule has 0 radical (unpaired) electrons. The van der Waals surface area contributed by atoms with Gasteiger partial charge in [-0.25, -0.2) is 4.79 Å². The highest BCUT2D eigenvalue weighted by molar-refractivity contribution is 5.18. The average Bonchev–Trinajstić information content (AvgIpc) is 3.11. The number of aromatic nitrogens is 2. The van der Waals surface area contributed by atoms with Crippen molar-refractivity contribution >= 4 is 0 Å². The highest BCUT2D eigenvalue weighted by atomic mass is 16.6. The van der Waals surface area contributed by atoms with E-state index in [1.165, 1.54) is 6.20 Å². The van der Waals surface area contributed by atoms with Crippen molar-refractivity contribution in [1.82, 2.24) is 9.55 Å². The van der Waals surface area contributed by atoms with Crippen molar-refractivity contribution in [3.8, 4) is 0 Å². The number of rotatable bonds is 9. The van der Waals surface area contributed by atoms with Crippen molar-refractivity contribution in [1.29, 1.82) is 0 Å². The monoisotopic (exact) mass is 468 g/mol. The molecule has 0 amide bonds. The van der Waals surface area contributed by atoms with Gasteiger partial charge in [0.05, 0.1) is 12.7 Å². The van der Waals surface area contributed by atoms with Gasteiger partial charge in [-0.2, -0.15) is 0 Å². The van der Waals surface area contributed by atoms with E-state index in [0.29, 0.717) is 0 Å². The van der Waals surface area contributed by atoms with Crippen LogP contribution in [0.25, 0.3) is 0 Å². The molecule has 2 aromatic carbocycles. The Hall–Kier alpha value is -3.08. The van der Waals surface area contributed by atoms with Crippen LogP contribution >= 0.6 is 0 Å². The van der Waals surface area contributed by atoms with Gasteiger partial charge in [-0.15, -0.1) is 0 Å². The molecule has 1 unspecified atom stereocenters. The van der Waals surface area contributed by atoms with Gasteiger partial charge in [0.2, 0.25) is 0 Å². The van der Waals surface area contributed by atoms with Crippen LogP contribution in [0.5, 0.6) is 0 Å². The van der Waals surface area contributed by atoms with Gasteiger partial charge in [-0.05, 0) is 11.1 Å². The summed E-state index contributed by atoms with van der Waals surface area (Å²) in [6.45, 7) is -0.300. The molecular formula is C25H28N2O7. The van der Waals surface area contributed by atoms with Crippen LogP contribution < -0.4 is 11.2 Å². The molecule has 0 aliphatic carbocycles. The zero-order valence-electron chi connectivity index (χ0n) is 18.5. The lowest BCUT2D eigenvalue weighted by atomic mass is 9.87. The topological polar surface area (TPSA) is 134 Å². The number of aliphatic hydroxyl groups excluding tert-OH is 2. The number of hydrogen-bond donors (Lipinski definition) is 4. The predicted octanol–water partition coefficient (Wildman–Crippen LogP) is 0.736. The molecule has 0 bridgehead atoms. The molecule has 34 heavy (non-hydrogen) atoms. The van der Waals surface area contributed by atoms with Gasteiger partial charge in [0.15, 0.2) is 6.23 Å². The lowest BCUT2D eigenvalue weighted by molar-refractivity contribution is -0.137. The zero-order valence-corrected chi connectivity index (χ0v) is 18.5. The van der Waals surface area contributed by atoms with Crippen molar-refractivity contribution < 1.29 is 24.8 Å². The van der Waals surface area contributed by atoms with Crippen molar-refractivity contribution in [3.63, 3.8) is 0 Å². The molecule has 1 aliphatic rings. The van der Waals surface area contributed by atoms with Gasteiger partial charge < -0.3 is 24.8 Å². The van der Waals surface area contributed by atoms with Gasteiger partial charge in [-0.3, -0.25) is 14.3 Å². The largest absolute Gasteiger partial charge is 0.396 e. The fourth-order valence-electron chi connectivity index (χ4n) is 4.39. The summed E-state index contributed by atoms with van der Waals surface area (Å²) in [7, 11) is 0. The molecule has 0 saturated carbocycles. The minimum atomic E-state index is -1.87. The Bertz CT molecular complexity index is 1180. The highest BCUT2D eigenvalue weighted by Crippen LogP contribution is 2.43. The maximum absolute atomic E-state index is 12.5. The third-order valence-corrected chi connectivity index (χ3v) is 6.06. The lowest BCUT2D eigenvalue weighted by Gasteiger charge is -2.34. The first-order chi connectivity index (χ1) is 16.4. The van der Waals surface area contributed by atoms with Crippen LogP contribution in [0.4, 0.5) is 0 Å². The van der Waals surface area contributed by atoms with Crippen LogP contribution in [0.2, 0.25) is 0 Å². The first-order valence-electron chi connectivity index (χ1n) is 11.1. The molecule has 1 aliphatic heterocycles. The number of ether oxygens (including phenoxy) is 2. The molecule has 1 saturated heterocycles. The molecular weight excluding hydrogens is 440 g/mol. The summed E-state index contributed by atoms with van der Waals surface area (Å²) in [5.74, 6) is 0. The second kappa shape index (κ2) is 10.5. The van der Waals surface area contributed by atoms with Crippen LogP contribution in [0.1, 0.15) is 23.8 Å². The first kappa shape index (κ1) is 24.1. The average molecular weight is 469 g/mol. The molecule has 5 atom stereocenters. The van der Waals surface area contributed by atoms with E-state index in [-0.39, 0.29) is 19.4 Å². The standard InChI is InChI=1S/C25H28N2O7/c28-14-12-25(32)22(33-16-18-9-5-2-6-10-18)21(19(29)15-17-7-3-1-4-8-17)34-23(25)27-13-11-20(30)26-24(27)31/h1-11,13,19,21-23,28-29,32H,12,14-16H2,(H,26,30,31)/t19?,21-,22-,23-,25+/m1/s1. The van der Waals surface area contributed by atoms with Crippen LogP contribution in [0, 0.1) is 0 Å². The van der Waals surface area contributed by atoms with Crippen LogP contribution in [-0.4, -0.2) is 55.4 Å². The zero-order chi connectivity index (χ0) is 24.1. The van der Waals surface area contributed by atoms with E-state index < -0.39 is 48.0 Å². The maximum atomic E-state index is 12.5. The van der Waals surface area contributed by atoms with E-state index >= 15 is 0 Å². The van der Waals surface area contributed by atoms with Crippen molar-refractivity contribution in [2.45, 2.75) is 49.6 Å². The Morgan fingerprint density at radius 3 is 2.29 bits per heavy atom. The molecule has 4 N–H and O–H groups in total. The first-order valence-corrected chi connectivity index (χ1v) is 11.1. The van der Waals surface area contributed by atoms with E-state index in [9.17, 15) is 24.9 Å². The summed E-state index contributed by atoms with van der Waals surface area (Å²) in [6, 6.07) is 19.7. The lowest BCUT2D eigenvalue weighted by Crippen LogP contribution is -2.52. The molecule has 0 spiro atoms. The number of aromatic amines is 1. The van der Waals surface area contributed by atoms with E-state index in [1.54, 1.807) is 0 Å². The number of aliphatic hydroxyl groups is 3. The van der Waals surface area contributed by atoms with Gasteiger partial charge in [0.25, 0.3) is 5.56 Å². The van der Waals surface area contributed by atoms with Crippen molar-refractivity contribution in [2.75, 3.05) is 6.61 Å². The van der Waals surface area contributed by atoms with E-state index in [2.05, 4.69) is 4.98 Å². The third kappa shape index (κ3) is 5.03. The Balaban J connectivity index is 1.70. The smallest absolute Gasteiger partial charge is 0.330 e. The number of H-pyrrole nitrogens is 1. The molecule has 9 heteroatoms. The van der Waals surface area contributed by atoms with Crippen molar-refractivity contribution in [3.05, 3.63) is 105 Å². The molecule has 180 valence electrons. The van der Waals surface area contributed by atoms with Gasteiger partial charge >= 0.3 is 5.69 Å². The summed E-state index contributed by atoms with van der Waals surface area (Å²) in [6.07, 6.45) is -3.24. The number of nitrogens with zero attached hydrogens (tertiary/aromatic N) is 1. The normalized spacial score (nSPS) is 25.3. The van der Waals surface area contributed by atoms with Gasteiger partial charge in [0.1, 0.15) is 17.8 Å². The van der Waals surface area contributed by atoms with E-state index in [4.69, 9.17) is 9.47 Å². The SMILES string of the molecule is O=c1ccn([C@@H]2O[C@H](C(O)Cc3ccccc3)[C@@H](OCc3ccccc3)[C@@]2(O)CCO)c(=O)[nH]1. The number of nitrogens with one attached hydrogen (secondary N) is 1. The highest BCUT2D eigenvalue weighted by Gasteiger charge is 2.59. The molecule has 9 nitrogen and oxygen atoms in total. The van der Waals surface area contributed by atoms with Crippen LogP contribution in [0.3, 0.4) is 0 Å². The number of hydrogen-bond acceptors (Lipinski definition) is 7. The molecule has 1 fully saturated rings. The summed E-state index contributed by atoms with van der Waals surface area (Å²) >= 11 is 0. The number of benzene rings is 2. The Kier molecular flexibility index (Phi) is 7.40. The summed E-state index contributed by atoms with van der Waals surface area (Å²) in [5, 5.41) is 32.6.